The van der Waals surface area contributed by atoms with E-state index in [0.717, 1.165) is 10.4 Å². The molecule has 0 unspecified atom stereocenters. The van der Waals surface area contributed by atoms with E-state index in [1.807, 2.05) is 36.4 Å². The number of nitrogens with zero attached hydrogens (tertiary/aromatic N) is 1. The van der Waals surface area contributed by atoms with E-state index < -0.39 is 5.91 Å². The quantitative estimate of drug-likeness (QED) is 0.629. The molecule has 4 rings (SSSR count). The Labute approximate surface area is 159 Å². The van der Waals surface area contributed by atoms with Crippen molar-refractivity contribution in [2.24, 2.45) is 5.18 Å². The molecule has 5 nitrogen and oxygen atoms in total. The largest absolute Gasteiger partial charge is 0.322 e. The second kappa shape index (κ2) is 7.25. The third-order valence-electron chi connectivity index (χ3n) is 4.69. The van der Waals surface area contributed by atoms with Crippen LogP contribution >= 0.6 is 11.3 Å². The van der Waals surface area contributed by atoms with E-state index in [1.165, 1.54) is 10.1 Å². The lowest BCUT2D eigenvalue weighted by molar-refractivity contribution is -0.116. The minimum Gasteiger partial charge on any atom is -0.322 e. The van der Waals surface area contributed by atoms with Crippen LogP contribution in [0.3, 0.4) is 0 Å². The molecule has 0 radical (unpaired) electrons. The van der Waals surface area contributed by atoms with Crippen LogP contribution in [0.2, 0.25) is 0 Å². The average molecular weight is 376 g/mol. The minimum absolute atomic E-state index is 0.240. The molecule has 1 heterocycles. The molecule has 1 aromatic heterocycles. The Kier molecular flexibility index (Phi) is 4.64. The van der Waals surface area contributed by atoms with Crippen molar-refractivity contribution in [1.82, 2.24) is 0 Å². The maximum absolute atomic E-state index is 12.5. The van der Waals surface area contributed by atoms with Gasteiger partial charge < -0.3 is 5.32 Å². The first kappa shape index (κ1) is 17.3. The van der Waals surface area contributed by atoms with Gasteiger partial charge in [-0.1, -0.05) is 30.3 Å². The summed E-state index contributed by atoms with van der Waals surface area (Å²) in [6, 6.07) is 18.0. The fraction of sp³-hybridized carbons (Fsp3) is 0.143. The Morgan fingerprint density at radius 2 is 1.70 bits per heavy atom. The third kappa shape index (κ3) is 3.44. The number of anilines is 1. The first-order valence-corrected chi connectivity index (χ1v) is 9.47. The van der Waals surface area contributed by atoms with E-state index in [2.05, 4.69) is 28.7 Å². The van der Waals surface area contributed by atoms with Crippen LogP contribution in [0.25, 0.3) is 20.5 Å². The van der Waals surface area contributed by atoms with Gasteiger partial charge in [-0.05, 0) is 54.5 Å². The first-order valence-electron chi connectivity index (χ1n) is 8.66. The first-order chi connectivity index (χ1) is 13.2. The van der Waals surface area contributed by atoms with Gasteiger partial charge in [0.05, 0.1) is 0 Å². The summed E-state index contributed by atoms with van der Waals surface area (Å²) in [5.74, 6) is -1.17. The highest BCUT2D eigenvalue weighted by Gasteiger charge is 2.26. The number of carbonyl (C=O) groups is 2. The van der Waals surface area contributed by atoms with Gasteiger partial charge in [0.2, 0.25) is 0 Å². The van der Waals surface area contributed by atoms with Gasteiger partial charge in [-0.15, -0.1) is 16.2 Å². The lowest BCUT2D eigenvalue weighted by Crippen LogP contribution is -2.15. The van der Waals surface area contributed by atoms with Gasteiger partial charge in [0, 0.05) is 31.6 Å². The topological polar surface area (TPSA) is 75.6 Å². The molecular weight excluding hydrogens is 360 g/mol. The van der Waals surface area contributed by atoms with Gasteiger partial charge in [-0.3, -0.25) is 9.59 Å². The summed E-state index contributed by atoms with van der Waals surface area (Å²) in [7, 11) is 0. The van der Waals surface area contributed by atoms with E-state index in [4.69, 9.17) is 0 Å². The van der Waals surface area contributed by atoms with Gasteiger partial charge >= 0.3 is 5.91 Å². The molecular formula is C21H16N2O3S. The fourth-order valence-electron chi connectivity index (χ4n) is 3.33. The molecule has 0 saturated heterocycles. The Morgan fingerprint density at radius 3 is 2.44 bits per heavy atom. The van der Waals surface area contributed by atoms with Crippen LogP contribution < -0.4 is 5.32 Å². The summed E-state index contributed by atoms with van der Waals surface area (Å²) < 4.78 is 1.24. The molecule has 1 aliphatic rings. The zero-order valence-electron chi connectivity index (χ0n) is 14.4. The summed E-state index contributed by atoms with van der Waals surface area (Å²) >= 11 is 1.72. The third-order valence-corrected chi connectivity index (χ3v) is 5.85. The van der Waals surface area contributed by atoms with Crippen LogP contribution in [-0.2, 0) is 9.59 Å². The van der Waals surface area contributed by atoms with Crippen molar-refractivity contribution in [2.45, 2.75) is 19.3 Å². The molecule has 2 aromatic carbocycles. The van der Waals surface area contributed by atoms with Crippen molar-refractivity contribution in [3.63, 3.8) is 0 Å². The molecule has 0 fully saturated rings. The van der Waals surface area contributed by atoms with Crippen molar-refractivity contribution in [3.8, 4) is 10.4 Å². The molecule has 27 heavy (non-hydrogen) atoms. The van der Waals surface area contributed by atoms with E-state index in [0.29, 0.717) is 30.5 Å². The van der Waals surface area contributed by atoms with Crippen molar-refractivity contribution in [1.29, 1.82) is 0 Å². The van der Waals surface area contributed by atoms with Crippen molar-refractivity contribution in [2.75, 3.05) is 5.32 Å². The second-order valence-electron chi connectivity index (χ2n) is 6.39. The van der Waals surface area contributed by atoms with Gasteiger partial charge in [0.15, 0.2) is 0 Å². The van der Waals surface area contributed by atoms with Gasteiger partial charge in [-0.25, -0.2) is 0 Å². The van der Waals surface area contributed by atoms with E-state index in [-0.39, 0.29) is 11.5 Å². The summed E-state index contributed by atoms with van der Waals surface area (Å²) in [5.41, 5.74) is 2.34. The predicted molar refractivity (Wildman–Crippen MR) is 108 cm³/mol. The van der Waals surface area contributed by atoms with Crippen molar-refractivity contribution in [3.05, 3.63) is 70.7 Å². The summed E-state index contributed by atoms with van der Waals surface area (Å²) in [5, 5.41) is 6.47. The summed E-state index contributed by atoms with van der Waals surface area (Å²) in [6.45, 7) is 0. The van der Waals surface area contributed by atoms with E-state index in [1.54, 1.807) is 11.3 Å². The second-order valence-corrected chi connectivity index (χ2v) is 7.47. The molecule has 134 valence electrons. The Morgan fingerprint density at radius 1 is 0.963 bits per heavy atom. The van der Waals surface area contributed by atoms with Crippen LogP contribution in [0.4, 0.5) is 5.69 Å². The summed E-state index contributed by atoms with van der Waals surface area (Å²) in [6.07, 6.45) is 1.60. The maximum atomic E-state index is 12.5. The maximum Gasteiger partial charge on any atom is 0.313 e. The van der Waals surface area contributed by atoms with Gasteiger partial charge in [0.1, 0.15) is 0 Å². The molecule has 2 amide bonds. The highest BCUT2D eigenvalue weighted by atomic mass is 32.1. The van der Waals surface area contributed by atoms with E-state index >= 15 is 0 Å². The zero-order chi connectivity index (χ0) is 18.8. The number of amides is 2. The number of nitrogens with one attached hydrogen (secondary N) is 1. The van der Waals surface area contributed by atoms with Crippen LogP contribution in [-0.4, -0.2) is 11.8 Å². The highest BCUT2D eigenvalue weighted by molar-refractivity contribution is 7.22. The fourth-order valence-corrected chi connectivity index (χ4v) is 4.40. The Hall–Kier alpha value is -3.12. The number of benzene rings is 2. The Balaban J connectivity index is 1.53. The monoisotopic (exact) mass is 376 g/mol. The predicted octanol–water partition coefficient (Wildman–Crippen LogP) is 5.28. The number of thiophene rings is 1. The van der Waals surface area contributed by atoms with Crippen LogP contribution in [0.1, 0.15) is 19.3 Å². The SMILES string of the molecule is O=NC(=O)C1=C(C(=O)Nc2ccc(-c3cc4ccccc4s3)cc2)CCC1. The van der Waals surface area contributed by atoms with Crippen LogP contribution in [0, 0.1) is 4.91 Å². The summed E-state index contributed by atoms with van der Waals surface area (Å²) in [4.78, 5) is 35.7. The number of carbonyl (C=O) groups excluding carboxylic acids is 2. The number of hydrogen-bond acceptors (Lipinski definition) is 4. The molecule has 0 spiro atoms. The standard InChI is InChI=1S/C21H16N2O3S/c24-20(16-5-3-6-17(16)21(25)23-26)22-15-10-8-13(9-11-15)19-12-14-4-1-2-7-18(14)27-19/h1-2,4,7-12H,3,5-6H2,(H,22,24). The number of rotatable bonds is 4. The van der Waals surface area contributed by atoms with Gasteiger partial charge in [0.25, 0.3) is 5.91 Å². The van der Waals surface area contributed by atoms with Crippen LogP contribution in [0.5, 0.6) is 0 Å². The molecule has 0 atom stereocenters. The molecule has 1 aliphatic carbocycles. The number of fused-ring (bicyclic) bond motifs is 1. The molecule has 6 heteroatoms. The lowest BCUT2D eigenvalue weighted by atomic mass is 10.1. The average Bonchev–Trinajstić information content (AvgIpc) is 3.35. The van der Waals surface area contributed by atoms with Crippen LogP contribution in [0.15, 0.2) is 70.9 Å². The molecule has 0 aliphatic heterocycles. The number of hydrogen-bond donors (Lipinski definition) is 1. The zero-order valence-corrected chi connectivity index (χ0v) is 15.2. The minimum atomic E-state index is -0.835. The molecule has 0 bridgehead atoms. The lowest BCUT2D eigenvalue weighted by Gasteiger charge is -2.07. The number of nitroso groups, excluding NO2 is 1. The van der Waals surface area contributed by atoms with Crippen molar-refractivity contribution >= 4 is 38.9 Å². The molecule has 3 aromatic rings. The van der Waals surface area contributed by atoms with Crippen molar-refractivity contribution < 1.29 is 9.59 Å². The smallest absolute Gasteiger partial charge is 0.313 e. The Bertz CT molecular complexity index is 1050. The van der Waals surface area contributed by atoms with Gasteiger partial charge in [-0.2, -0.15) is 0 Å². The van der Waals surface area contributed by atoms with E-state index in [9.17, 15) is 14.5 Å². The normalized spacial score (nSPS) is 13.8. The molecule has 1 N–H and O–H groups in total. The molecule has 0 saturated carbocycles. The highest BCUT2D eigenvalue weighted by Crippen LogP contribution is 2.34.